The fraction of sp³-hybridized carbons (Fsp3) is 0.400. The molecule has 0 saturated heterocycles. The van der Waals surface area contributed by atoms with Gasteiger partial charge in [0.1, 0.15) is 11.5 Å². The van der Waals surface area contributed by atoms with Crippen molar-refractivity contribution in [1.29, 1.82) is 0 Å². The van der Waals surface area contributed by atoms with Crippen molar-refractivity contribution >= 4 is 17.9 Å². The summed E-state index contributed by atoms with van der Waals surface area (Å²) in [4.78, 5) is 37.0. The average Bonchev–Trinajstić information content (AvgIpc) is 3.01. The minimum atomic E-state index is -1.07. The standard InChI is InChI=1S/C35H42O7/c1-4-6-8-10-22-40-30-19-16-26(17-20-30)31-24-29(25(3)34(38)41-23-11-9-7-5-2)18-21-32(31)42-35(39)28-14-12-27(13-15-28)33(36)37/h12-21,24-25H,4-11,22-23H2,1-3H3,(H,36,37). The van der Waals surface area contributed by atoms with Crippen molar-refractivity contribution in [2.45, 2.75) is 78.1 Å². The lowest BCUT2D eigenvalue weighted by Gasteiger charge is -2.16. The van der Waals surface area contributed by atoms with Gasteiger partial charge in [0.05, 0.1) is 30.3 Å². The number of carbonyl (C=O) groups excluding carboxylic acids is 2. The van der Waals surface area contributed by atoms with Gasteiger partial charge in [-0.15, -0.1) is 0 Å². The Morgan fingerprint density at radius 2 is 1.36 bits per heavy atom. The summed E-state index contributed by atoms with van der Waals surface area (Å²) in [6.07, 6.45) is 8.59. The predicted octanol–water partition coefficient (Wildman–Crippen LogP) is 8.46. The molecule has 1 atom stereocenters. The Balaban J connectivity index is 1.82. The Morgan fingerprint density at radius 1 is 0.738 bits per heavy atom. The molecule has 3 aromatic rings. The van der Waals surface area contributed by atoms with Crippen LogP contribution in [-0.4, -0.2) is 36.2 Å². The van der Waals surface area contributed by atoms with E-state index in [1.807, 2.05) is 30.3 Å². The van der Waals surface area contributed by atoms with E-state index < -0.39 is 17.9 Å². The van der Waals surface area contributed by atoms with Gasteiger partial charge in [0.2, 0.25) is 0 Å². The smallest absolute Gasteiger partial charge is 0.343 e. The van der Waals surface area contributed by atoms with Crippen LogP contribution in [0, 0.1) is 0 Å². The summed E-state index contributed by atoms with van der Waals surface area (Å²) in [7, 11) is 0. The molecule has 3 aromatic carbocycles. The van der Waals surface area contributed by atoms with E-state index in [1.54, 1.807) is 19.1 Å². The zero-order valence-electron chi connectivity index (χ0n) is 24.9. The monoisotopic (exact) mass is 574 g/mol. The van der Waals surface area contributed by atoms with Crippen molar-refractivity contribution in [3.63, 3.8) is 0 Å². The maximum atomic E-state index is 13.0. The first-order valence-corrected chi connectivity index (χ1v) is 14.9. The molecule has 224 valence electrons. The molecule has 7 nitrogen and oxygen atoms in total. The van der Waals surface area contributed by atoms with Gasteiger partial charge in [-0.3, -0.25) is 4.79 Å². The molecule has 0 spiro atoms. The number of rotatable bonds is 17. The zero-order valence-corrected chi connectivity index (χ0v) is 24.9. The van der Waals surface area contributed by atoms with Crippen LogP contribution in [0.25, 0.3) is 11.1 Å². The van der Waals surface area contributed by atoms with Crippen molar-refractivity contribution in [3.05, 3.63) is 83.4 Å². The van der Waals surface area contributed by atoms with Crippen molar-refractivity contribution < 1.29 is 33.7 Å². The first-order valence-electron chi connectivity index (χ1n) is 14.9. The second-order valence-electron chi connectivity index (χ2n) is 10.4. The molecule has 0 aliphatic carbocycles. The van der Waals surface area contributed by atoms with Gasteiger partial charge in [0, 0.05) is 5.56 Å². The van der Waals surface area contributed by atoms with Gasteiger partial charge in [-0.2, -0.15) is 0 Å². The SMILES string of the molecule is CCCCCCOC(=O)C(C)c1ccc(OC(=O)c2ccc(C(=O)O)cc2)c(-c2ccc(OCCCCCC)cc2)c1. The molecule has 0 fully saturated rings. The minimum absolute atomic E-state index is 0.0792. The second kappa shape index (κ2) is 17.0. The van der Waals surface area contributed by atoms with Gasteiger partial charge in [0.15, 0.2) is 0 Å². The summed E-state index contributed by atoms with van der Waals surface area (Å²) in [5.74, 6) is -1.42. The highest BCUT2D eigenvalue weighted by Gasteiger charge is 2.21. The number of aromatic carboxylic acids is 1. The number of carbonyl (C=O) groups is 3. The quantitative estimate of drug-likeness (QED) is 0.0981. The largest absolute Gasteiger partial charge is 0.494 e. The number of hydrogen-bond donors (Lipinski definition) is 1. The molecule has 1 N–H and O–H groups in total. The number of carboxylic acid groups (broad SMARTS) is 1. The summed E-state index contributed by atoms with van der Waals surface area (Å²) in [6, 6.07) is 18.4. The predicted molar refractivity (Wildman–Crippen MR) is 163 cm³/mol. The molecule has 42 heavy (non-hydrogen) atoms. The van der Waals surface area contributed by atoms with Crippen LogP contribution in [0.15, 0.2) is 66.7 Å². The van der Waals surface area contributed by atoms with E-state index in [4.69, 9.17) is 19.3 Å². The Hall–Kier alpha value is -4.13. The molecule has 0 saturated carbocycles. The molecule has 0 bridgehead atoms. The number of carboxylic acids is 1. The average molecular weight is 575 g/mol. The van der Waals surface area contributed by atoms with E-state index in [0.717, 1.165) is 55.4 Å². The van der Waals surface area contributed by atoms with E-state index in [9.17, 15) is 14.4 Å². The summed E-state index contributed by atoms with van der Waals surface area (Å²) < 4.78 is 17.2. The molecule has 0 aromatic heterocycles. The van der Waals surface area contributed by atoms with Gasteiger partial charge in [0.25, 0.3) is 0 Å². The molecule has 0 aliphatic heterocycles. The Bertz CT molecular complexity index is 1300. The van der Waals surface area contributed by atoms with E-state index in [1.165, 1.54) is 37.1 Å². The van der Waals surface area contributed by atoms with E-state index in [2.05, 4.69) is 13.8 Å². The number of unbranched alkanes of at least 4 members (excludes halogenated alkanes) is 6. The first-order chi connectivity index (χ1) is 20.3. The van der Waals surface area contributed by atoms with Crippen LogP contribution in [0.2, 0.25) is 0 Å². The summed E-state index contributed by atoms with van der Waals surface area (Å²) in [6.45, 7) is 7.16. The van der Waals surface area contributed by atoms with Gasteiger partial charge >= 0.3 is 17.9 Å². The third-order valence-electron chi connectivity index (χ3n) is 7.10. The molecular weight excluding hydrogens is 532 g/mol. The fourth-order valence-electron chi connectivity index (χ4n) is 4.45. The third-order valence-corrected chi connectivity index (χ3v) is 7.10. The first kappa shape index (κ1) is 32.4. The fourth-order valence-corrected chi connectivity index (χ4v) is 4.45. The van der Waals surface area contributed by atoms with Gasteiger partial charge < -0.3 is 19.3 Å². The number of benzene rings is 3. The van der Waals surface area contributed by atoms with Crippen LogP contribution in [0.1, 0.15) is 104 Å². The van der Waals surface area contributed by atoms with Crippen LogP contribution < -0.4 is 9.47 Å². The molecule has 7 heteroatoms. The lowest BCUT2D eigenvalue weighted by Crippen LogP contribution is -2.14. The highest BCUT2D eigenvalue weighted by atomic mass is 16.5. The number of hydrogen-bond acceptors (Lipinski definition) is 6. The molecule has 0 amide bonds. The lowest BCUT2D eigenvalue weighted by molar-refractivity contribution is -0.145. The van der Waals surface area contributed by atoms with Crippen LogP contribution >= 0.6 is 0 Å². The van der Waals surface area contributed by atoms with E-state index in [-0.39, 0.29) is 17.1 Å². The van der Waals surface area contributed by atoms with E-state index in [0.29, 0.717) is 24.5 Å². The molecule has 3 rings (SSSR count). The summed E-state index contributed by atoms with van der Waals surface area (Å²) in [5.41, 5.74) is 2.47. The summed E-state index contributed by atoms with van der Waals surface area (Å²) >= 11 is 0. The number of esters is 2. The molecule has 0 radical (unpaired) electrons. The Labute approximate surface area is 248 Å². The molecular formula is C35H42O7. The second-order valence-corrected chi connectivity index (χ2v) is 10.4. The summed E-state index contributed by atoms with van der Waals surface area (Å²) in [5, 5.41) is 9.15. The maximum Gasteiger partial charge on any atom is 0.343 e. The van der Waals surface area contributed by atoms with Crippen molar-refractivity contribution in [2.75, 3.05) is 13.2 Å². The molecule has 0 heterocycles. The maximum absolute atomic E-state index is 13.0. The third kappa shape index (κ3) is 9.75. The van der Waals surface area contributed by atoms with Gasteiger partial charge in [-0.05, 0) is 79.4 Å². The van der Waals surface area contributed by atoms with Crippen LogP contribution in [0.3, 0.4) is 0 Å². The van der Waals surface area contributed by atoms with Gasteiger partial charge in [-0.25, -0.2) is 9.59 Å². The lowest BCUT2D eigenvalue weighted by atomic mass is 9.95. The normalized spacial score (nSPS) is 11.5. The zero-order chi connectivity index (χ0) is 30.3. The molecule has 1 unspecified atom stereocenters. The Morgan fingerprint density at radius 3 is 1.98 bits per heavy atom. The number of ether oxygens (including phenoxy) is 3. The van der Waals surface area contributed by atoms with Crippen LogP contribution in [0.5, 0.6) is 11.5 Å². The van der Waals surface area contributed by atoms with Crippen molar-refractivity contribution in [2.24, 2.45) is 0 Å². The molecule has 0 aliphatic rings. The van der Waals surface area contributed by atoms with Gasteiger partial charge in [-0.1, -0.05) is 70.6 Å². The van der Waals surface area contributed by atoms with E-state index >= 15 is 0 Å². The minimum Gasteiger partial charge on any atom is -0.494 e. The Kier molecular flexibility index (Phi) is 13.1. The highest BCUT2D eigenvalue weighted by Crippen LogP contribution is 2.35. The van der Waals surface area contributed by atoms with Crippen molar-refractivity contribution in [1.82, 2.24) is 0 Å². The van der Waals surface area contributed by atoms with Crippen molar-refractivity contribution in [3.8, 4) is 22.6 Å². The topological polar surface area (TPSA) is 99.1 Å². The highest BCUT2D eigenvalue weighted by molar-refractivity contribution is 5.94. The van der Waals surface area contributed by atoms with Crippen LogP contribution in [0.4, 0.5) is 0 Å². The van der Waals surface area contributed by atoms with Crippen LogP contribution in [-0.2, 0) is 9.53 Å².